The first-order chi connectivity index (χ1) is 8.74. The molecule has 0 radical (unpaired) electrons. The average Bonchev–Trinajstić information content (AvgIpc) is 2.38. The fraction of sp³-hybridized carbons (Fsp3) is 0.286. The molecule has 4 nitrogen and oxygen atoms in total. The molecule has 1 aliphatic rings. The molecule has 1 aromatic carbocycles. The molecule has 0 aliphatic carbocycles. The van der Waals surface area contributed by atoms with E-state index in [1.807, 2.05) is 0 Å². The van der Waals surface area contributed by atoms with E-state index in [2.05, 4.69) is 46.1 Å². The first-order valence-corrected chi connectivity index (χ1v) is 6.17. The lowest BCUT2D eigenvalue weighted by molar-refractivity contribution is 0.557. The Kier molecular flexibility index (Phi) is 2.63. The second-order valence-electron chi connectivity index (χ2n) is 4.87. The Morgan fingerprint density at radius 2 is 1.94 bits per heavy atom. The van der Waals surface area contributed by atoms with Crippen molar-refractivity contribution in [3.05, 3.63) is 42.2 Å². The number of nitrogens with two attached hydrogens (primary N) is 1. The Bertz CT molecular complexity index is 550. The van der Waals surface area contributed by atoms with Gasteiger partial charge in [-0.3, -0.25) is 0 Å². The maximum atomic E-state index is 5.63. The summed E-state index contributed by atoms with van der Waals surface area (Å²) in [5.41, 5.74) is 8.80. The zero-order valence-corrected chi connectivity index (χ0v) is 10.4. The lowest BCUT2D eigenvalue weighted by Gasteiger charge is -2.33. The van der Waals surface area contributed by atoms with Crippen molar-refractivity contribution in [1.82, 2.24) is 9.97 Å². The molecule has 0 spiro atoms. The zero-order valence-electron chi connectivity index (χ0n) is 10.4. The second-order valence-corrected chi connectivity index (χ2v) is 4.87. The van der Waals surface area contributed by atoms with Gasteiger partial charge in [0.1, 0.15) is 0 Å². The lowest BCUT2D eigenvalue weighted by Crippen LogP contribution is -2.31. The molecule has 0 bridgehead atoms. The number of hydrogen-bond donors (Lipinski definition) is 1. The number of nitrogens with zero attached hydrogens (tertiary/aromatic N) is 3. The Morgan fingerprint density at radius 3 is 2.72 bits per heavy atom. The SMILES string of the molecule is CC1Cc2ccccc2N(c2ncc(N)cn2)C1. The summed E-state index contributed by atoms with van der Waals surface area (Å²) in [6.45, 7) is 3.20. The molecule has 1 aliphatic heterocycles. The van der Waals surface area contributed by atoms with Crippen LogP contribution in [0.1, 0.15) is 12.5 Å². The highest BCUT2D eigenvalue weighted by Crippen LogP contribution is 2.33. The van der Waals surface area contributed by atoms with E-state index >= 15 is 0 Å². The molecule has 4 heteroatoms. The molecular formula is C14H16N4. The Hall–Kier alpha value is -2.10. The number of nitrogen functional groups attached to an aromatic ring is 1. The summed E-state index contributed by atoms with van der Waals surface area (Å²) in [4.78, 5) is 10.8. The summed E-state index contributed by atoms with van der Waals surface area (Å²) < 4.78 is 0. The standard InChI is InChI=1S/C14H16N4/c1-10-6-11-4-2-3-5-13(11)18(9-10)14-16-7-12(15)8-17-14/h2-5,7-8,10H,6,9,15H2,1H3. The van der Waals surface area contributed by atoms with Gasteiger partial charge in [-0.15, -0.1) is 0 Å². The minimum absolute atomic E-state index is 0.595. The molecule has 2 heterocycles. The fourth-order valence-corrected chi connectivity index (χ4v) is 2.46. The van der Waals surface area contributed by atoms with Crippen LogP contribution >= 0.6 is 0 Å². The third kappa shape index (κ3) is 1.90. The van der Waals surface area contributed by atoms with Gasteiger partial charge in [0.05, 0.1) is 18.1 Å². The third-order valence-electron chi connectivity index (χ3n) is 3.24. The van der Waals surface area contributed by atoms with Gasteiger partial charge in [0, 0.05) is 12.2 Å². The van der Waals surface area contributed by atoms with Crippen LogP contribution in [-0.4, -0.2) is 16.5 Å². The summed E-state index contributed by atoms with van der Waals surface area (Å²) in [5.74, 6) is 1.32. The molecule has 18 heavy (non-hydrogen) atoms. The van der Waals surface area contributed by atoms with Crippen LogP contribution in [0.5, 0.6) is 0 Å². The van der Waals surface area contributed by atoms with Crippen molar-refractivity contribution < 1.29 is 0 Å². The van der Waals surface area contributed by atoms with Gasteiger partial charge in [-0.25, -0.2) is 9.97 Å². The normalized spacial score (nSPS) is 18.5. The number of rotatable bonds is 1. The molecular weight excluding hydrogens is 224 g/mol. The largest absolute Gasteiger partial charge is 0.396 e. The van der Waals surface area contributed by atoms with Crippen molar-refractivity contribution in [3.63, 3.8) is 0 Å². The van der Waals surface area contributed by atoms with Crippen LogP contribution in [0.3, 0.4) is 0 Å². The van der Waals surface area contributed by atoms with E-state index in [0.717, 1.165) is 18.9 Å². The highest BCUT2D eigenvalue weighted by atomic mass is 15.3. The van der Waals surface area contributed by atoms with Gasteiger partial charge < -0.3 is 10.6 Å². The smallest absolute Gasteiger partial charge is 0.229 e. The second kappa shape index (κ2) is 4.29. The van der Waals surface area contributed by atoms with Crippen LogP contribution in [0.15, 0.2) is 36.7 Å². The molecule has 1 atom stereocenters. The van der Waals surface area contributed by atoms with E-state index in [1.54, 1.807) is 12.4 Å². The minimum Gasteiger partial charge on any atom is -0.396 e. The number of anilines is 3. The third-order valence-corrected chi connectivity index (χ3v) is 3.24. The summed E-state index contributed by atoms with van der Waals surface area (Å²) in [6, 6.07) is 8.44. The summed E-state index contributed by atoms with van der Waals surface area (Å²) in [5, 5.41) is 0. The molecule has 0 fully saturated rings. The minimum atomic E-state index is 0.595. The lowest BCUT2D eigenvalue weighted by atomic mass is 9.94. The zero-order chi connectivity index (χ0) is 12.5. The van der Waals surface area contributed by atoms with Crippen molar-refractivity contribution in [2.24, 2.45) is 5.92 Å². The van der Waals surface area contributed by atoms with Crippen molar-refractivity contribution in [2.75, 3.05) is 17.2 Å². The molecule has 0 amide bonds. The highest BCUT2D eigenvalue weighted by Gasteiger charge is 2.23. The van der Waals surface area contributed by atoms with E-state index < -0.39 is 0 Å². The first-order valence-electron chi connectivity index (χ1n) is 6.17. The quantitative estimate of drug-likeness (QED) is 0.831. The molecule has 3 rings (SSSR count). The highest BCUT2D eigenvalue weighted by molar-refractivity contribution is 5.63. The van der Waals surface area contributed by atoms with Crippen LogP contribution in [0.4, 0.5) is 17.3 Å². The van der Waals surface area contributed by atoms with Crippen LogP contribution < -0.4 is 10.6 Å². The van der Waals surface area contributed by atoms with Gasteiger partial charge >= 0.3 is 0 Å². The van der Waals surface area contributed by atoms with Crippen LogP contribution in [-0.2, 0) is 6.42 Å². The number of hydrogen-bond acceptors (Lipinski definition) is 4. The molecule has 1 unspecified atom stereocenters. The van der Waals surface area contributed by atoms with Gasteiger partial charge in [-0.05, 0) is 24.0 Å². The molecule has 0 saturated heterocycles. The van der Waals surface area contributed by atoms with Gasteiger partial charge in [0.2, 0.25) is 5.95 Å². The first kappa shape index (κ1) is 11.0. The van der Waals surface area contributed by atoms with E-state index in [0.29, 0.717) is 11.6 Å². The molecule has 0 saturated carbocycles. The molecule has 2 N–H and O–H groups in total. The van der Waals surface area contributed by atoms with Gasteiger partial charge in [0.15, 0.2) is 0 Å². The Balaban J connectivity index is 2.04. The predicted octanol–water partition coefficient (Wildman–Crippen LogP) is 2.39. The van der Waals surface area contributed by atoms with Crippen LogP contribution in [0.25, 0.3) is 0 Å². The molecule has 1 aromatic heterocycles. The maximum Gasteiger partial charge on any atom is 0.229 e. The van der Waals surface area contributed by atoms with Gasteiger partial charge in [0.25, 0.3) is 0 Å². The molecule has 92 valence electrons. The van der Waals surface area contributed by atoms with E-state index in [-0.39, 0.29) is 0 Å². The number of fused-ring (bicyclic) bond motifs is 1. The van der Waals surface area contributed by atoms with Crippen LogP contribution in [0, 0.1) is 5.92 Å². The van der Waals surface area contributed by atoms with Gasteiger partial charge in [-0.1, -0.05) is 25.1 Å². The van der Waals surface area contributed by atoms with Crippen molar-refractivity contribution in [3.8, 4) is 0 Å². The number of para-hydroxylation sites is 1. The number of benzene rings is 1. The van der Waals surface area contributed by atoms with E-state index in [9.17, 15) is 0 Å². The van der Waals surface area contributed by atoms with Crippen molar-refractivity contribution in [1.29, 1.82) is 0 Å². The van der Waals surface area contributed by atoms with Crippen molar-refractivity contribution >= 4 is 17.3 Å². The number of aromatic nitrogens is 2. The predicted molar refractivity (Wildman–Crippen MR) is 72.8 cm³/mol. The van der Waals surface area contributed by atoms with E-state index in [4.69, 9.17) is 5.73 Å². The summed E-state index contributed by atoms with van der Waals surface area (Å²) >= 11 is 0. The van der Waals surface area contributed by atoms with Crippen molar-refractivity contribution in [2.45, 2.75) is 13.3 Å². The Morgan fingerprint density at radius 1 is 1.22 bits per heavy atom. The summed E-state index contributed by atoms with van der Waals surface area (Å²) in [7, 11) is 0. The monoisotopic (exact) mass is 240 g/mol. The van der Waals surface area contributed by atoms with Crippen LogP contribution in [0.2, 0.25) is 0 Å². The van der Waals surface area contributed by atoms with E-state index in [1.165, 1.54) is 11.3 Å². The maximum absolute atomic E-state index is 5.63. The Labute approximate surface area is 106 Å². The summed E-state index contributed by atoms with van der Waals surface area (Å²) in [6.07, 6.45) is 4.43. The molecule has 2 aromatic rings. The topological polar surface area (TPSA) is 55.0 Å². The average molecular weight is 240 g/mol. The fourth-order valence-electron chi connectivity index (χ4n) is 2.46. The van der Waals surface area contributed by atoms with Gasteiger partial charge in [-0.2, -0.15) is 0 Å².